The van der Waals surface area contributed by atoms with E-state index in [-0.39, 0.29) is 10.1 Å². The van der Waals surface area contributed by atoms with Crippen LogP contribution < -0.4 is 10.2 Å². The molecule has 0 bridgehead atoms. The molecule has 1 heterocycles. The van der Waals surface area contributed by atoms with Crippen LogP contribution in [0.25, 0.3) is 0 Å². The lowest BCUT2D eigenvalue weighted by Gasteiger charge is -2.29. The van der Waals surface area contributed by atoms with Crippen LogP contribution in [0.1, 0.15) is 38.5 Å². The zero-order valence-corrected chi connectivity index (χ0v) is 18.2. The van der Waals surface area contributed by atoms with Gasteiger partial charge in [0, 0.05) is 18.8 Å². The minimum absolute atomic E-state index is 0.260. The fraction of sp³-hybridized carbons (Fsp3) is 0.600. The highest BCUT2D eigenvalue weighted by molar-refractivity contribution is 7.92. The summed E-state index contributed by atoms with van der Waals surface area (Å²) in [6.07, 6.45) is 3.68. The van der Waals surface area contributed by atoms with Gasteiger partial charge in [-0.1, -0.05) is 24.4 Å². The lowest BCUT2D eigenvalue weighted by atomic mass is 10.2. The monoisotopic (exact) mass is 455 g/mol. The third-order valence-electron chi connectivity index (χ3n) is 5.65. The van der Waals surface area contributed by atoms with Crippen molar-refractivity contribution in [2.24, 2.45) is 0 Å². The Morgan fingerprint density at radius 3 is 2.37 bits per heavy atom. The number of nitrogens with zero attached hydrogens (tertiary/aromatic N) is 2. The highest BCUT2D eigenvalue weighted by atomic mass is 35.5. The Balaban J connectivity index is 0.000000239. The molecular formula is C20H26ClN3O5S. The van der Waals surface area contributed by atoms with Gasteiger partial charge in [-0.3, -0.25) is 0 Å². The molecule has 0 atom stereocenters. The van der Waals surface area contributed by atoms with E-state index in [0.717, 1.165) is 44.5 Å². The molecule has 8 nitrogen and oxygen atoms in total. The molecule has 0 unspecified atom stereocenters. The summed E-state index contributed by atoms with van der Waals surface area (Å²) < 4.78 is 30.6. The van der Waals surface area contributed by atoms with Crippen molar-refractivity contribution in [1.29, 1.82) is 5.26 Å². The van der Waals surface area contributed by atoms with Gasteiger partial charge < -0.3 is 20.1 Å². The van der Waals surface area contributed by atoms with Crippen LogP contribution in [-0.4, -0.2) is 56.7 Å². The Morgan fingerprint density at radius 2 is 1.90 bits per heavy atom. The first-order valence-corrected chi connectivity index (χ1v) is 12.0. The van der Waals surface area contributed by atoms with Gasteiger partial charge >= 0.3 is 6.09 Å². The topological polar surface area (TPSA) is 120 Å². The number of rotatable bonds is 4. The molecule has 1 aromatic rings. The SMILES string of the molecule is N#CC1(NC(=O)O)CC1.O=S(=O)(c1ccc(N2CCOCC2)cc1Cl)C1CCCC1. The maximum Gasteiger partial charge on any atom is 0.405 e. The van der Waals surface area contributed by atoms with E-state index in [4.69, 9.17) is 26.7 Å². The Kier molecular flexibility index (Phi) is 7.11. The first kappa shape index (κ1) is 22.7. The Bertz CT molecular complexity index is 915. The fourth-order valence-corrected chi connectivity index (χ4v) is 6.11. The van der Waals surface area contributed by atoms with E-state index in [1.807, 2.05) is 12.1 Å². The number of anilines is 1. The average Bonchev–Trinajstić information content (AvgIpc) is 3.26. The molecule has 1 amide bonds. The van der Waals surface area contributed by atoms with Gasteiger partial charge in [-0.2, -0.15) is 5.26 Å². The van der Waals surface area contributed by atoms with E-state index in [1.54, 1.807) is 12.1 Å². The molecule has 0 aromatic heterocycles. The number of halogens is 1. The molecule has 4 rings (SSSR count). The third kappa shape index (κ3) is 5.36. The minimum Gasteiger partial charge on any atom is -0.465 e. The Labute approximate surface area is 181 Å². The van der Waals surface area contributed by atoms with Crippen molar-refractivity contribution in [2.75, 3.05) is 31.2 Å². The number of carbonyl (C=O) groups is 1. The summed E-state index contributed by atoms with van der Waals surface area (Å²) in [4.78, 5) is 12.4. The van der Waals surface area contributed by atoms with Crippen molar-refractivity contribution < 1.29 is 23.1 Å². The highest BCUT2D eigenvalue weighted by Crippen LogP contribution is 2.35. The summed E-state index contributed by atoms with van der Waals surface area (Å²) in [6, 6.07) is 7.19. The van der Waals surface area contributed by atoms with Crippen molar-refractivity contribution in [2.45, 2.75) is 54.2 Å². The summed E-state index contributed by atoms with van der Waals surface area (Å²) in [7, 11) is -3.29. The summed E-state index contributed by atoms with van der Waals surface area (Å²) in [5.74, 6) is 0. The van der Waals surface area contributed by atoms with E-state index in [9.17, 15) is 13.2 Å². The van der Waals surface area contributed by atoms with Crippen LogP contribution in [0.3, 0.4) is 0 Å². The van der Waals surface area contributed by atoms with E-state index in [0.29, 0.717) is 31.1 Å². The third-order valence-corrected chi connectivity index (χ3v) is 8.39. The van der Waals surface area contributed by atoms with Gasteiger partial charge in [0.25, 0.3) is 0 Å². The van der Waals surface area contributed by atoms with Crippen LogP contribution in [0.2, 0.25) is 5.02 Å². The van der Waals surface area contributed by atoms with Crippen LogP contribution in [0.5, 0.6) is 0 Å². The van der Waals surface area contributed by atoms with Gasteiger partial charge in [0.1, 0.15) is 5.54 Å². The second kappa shape index (κ2) is 9.41. The summed E-state index contributed by atoms with van der Waals surface area (Å²) in [6.45, 7) is 3.01. The lowest BCUT2D eigenvalue weighted by molar-refractivity contribution is 0.122. The van der Waals surface area contributed by atoms with Crippen LogP contribution in [0.15, 0.2) is 23.1 Å². The molecule has 1 aliphatic heterocycles. The molecule has 3 aliphatic rings. The Morgan fingerprint density at radius 1 is 1.27 bits per heavy atom. The normalized spacial score (nSPS) is 20.6. The van der Waals surface area contributed by atoms with E-state index >= 15 is 0 Å². The first-order valence-electron chi connectivity index (χ1n) is 10.1. The molecule has 3 fully saturated rings. The van der Waals surface area contributed by atoms with Gasteiger partial charge in [-0.15, -0.1) is 0 Å². The number of hydrogen-bond donors (Lipinski definition) is 2. The molecule has 2 aliphatic carbocycles. The molecule has 164 valence electrons. The number of hydrogen-bond acceptors (Lipinski definition) is 6. The standard InChI is InChI=1S/C15H20ClNO3S.C5H6N2O2/c16-14-11-12(17-7-9-20-10-8-17)5-6-15(14)21(18,19)13-3-1-2-4-13;6-3-5(1-2-5)7-4(8)9/h5-6,11,13H,1-4,7-10H2;7H,1-2H2,(H,8,9). The molecule has 0 radical (unpaired) electrons. The van der Waals surface area contributed by atoms with Gasteiger partial charge in [-0.25, -0.2) is 13.2 Å². The van der Waals surface area contributed by atoms with Gasteiger partial charge in [0.05, 0.1) is 34.5 Å². The van der Waals surface area contributed by atoms with Crippen LogP contribution in [0, 0.1) is 11.3 Å². The average molecular weight is 456 g/mol. The zero-order valence-electron chi connectivity index (χ0n) is 16.6. The van der Waals surface area contributed by atoms with Crippen molar-refractivity contribution in [1.82, 2.24) is 5.32 Å². The van der Waals surface area contributed by atoms with Gasteiger partial charge in [0.15, 0.2) is 9.84 Å². The maximum atomic E-state index is 12.6. The van der Waals surface area contributed by atoms with E-state index < -0.39 is 21.5 Å². The number of morpholine rings is 1. The molecule has 1 saturated heterocycles. The molecule has 1 aromatic carbocycles. The predicted molar refractivity (Wildman–Crippen MR) is 113 cm³/mol. The number of ether oxygens (including phenoxy) is 1. The predicted octanol–water partition coefficient (Wildman–Crippen LogP) is 3.20. The molecule has 10 heteroatoms. The second-order valence-corrected chi connectivity index (χ2v) is 10.4. The van der Waals surface area contributed by atoms with Gasteiger partial charge in [-0.05, 0) is 43.9 Å². The van der Waals surface area contributed by atoms with Crippen molar-refractivity contribution in [3.05, 3.63) is 23.2 Å². The number of carboxylic acid groups (broad SMARTS) is 1. The summed E-state index contributed by atoms with van der Waals surface area (Å²) in [5.41, 5.74) is 0.236. The molecule has 0 spiro atoms. The van der Waals surface area contributed by atoms with Crippen molar-refractivity contribution in [3.8, 4) is 6.07 Å². The summed E-state index contributed by atoms with van der Waals surface area (Å²) >= 11 is 6.27. The van der Waals surface area contributed by atoms with Crippen LogP contribution in [-0.2, 0) is 14.6 Å². The van der Waals surface area contributed by atoms with Crippen LogP contribution >= 0.6 is 11.6 Å². The number of benzene rings is 1. The molecule has 2 N–H and O–H groups in total. The zero-order chi connectivity index (χ0) is 21.8. The smallest absolute Gasteiger partial charge is 0.405 e. The number of sulfone groups is 1. The second-order valence-electron chi connectivity index (χ2n) is 7.79. The van der Waals surface area contributed by atoms with Crippen LogP contribution in [0.4, 0.5) is 10.5 Å². The molecular weight excluding hydrogens is 430 g/mol. The van der Waals surface area contributed by atoms with Crippen molar-refractivity contribution in [3.63, 3.8) is 0 Å². The molecule has 2 saturated carbocycles. The largest absolute Gasteiger partial charge is 0.465 e. The number of nitriles is 1. The van der Waals surface area contributed by atoms with E-state index in [1.165, 1.54) is 0 Å². The summed E-state index contributed by atoms with van der Waals surface area (Å²) in [5, 5.41) is 18.7. The quantitative estimate of drug-likeness (QED) is 0.715. The van der Waals surface area contributed by atoms with Gasteiger partial charge in [0.2, 0.25) is 0 Å². The van der Waals surface area contributed by atoms with Crippen molar-refractivity contribution >= 4 is 33.2 Å². The number of amides is 1. The number of nitrogens with one attached hydrogen (secondary N) is 1. The molecule has 30 heavy (non-hydrogen) atoms. The lowest BCUT2D eigenvalue weighted by Crippen LogP contribution is -2.36. The van der Waals surface area contributed by atoms with E-state index in [2.05, 4.69) is 10.2 Å². The first-order chi connectivity index (χ1) is 14.3. The minimum atomic E-state index is -3.29. The maximum absolute atomic E-state index is 12.6. The highest BCUT2D eigenvalue weighted by Gasteiger charge is 2.44. The fourth-order valence-electron chi connectivity index (χ4n) is 3.71. The Hall–Kier alpha value is -2.02.